The van der Waals surface area contributed by atoms with Gasteiger partial charge in [0, 0.05) is 22.2 Å². The second-order valence-electron chi connectivity index (χ2n) is 4.72. The molecular formula is C17H14N2OS. The third kappa shape index (κ3) is 3.17. The summed E-state index contributed by atoms with van der Waals surface area (Å²) in [6, 6.07) is 16.9. The summed E-state index contributed by atoms with van der Waals surface area (Å²) in [4.78, 5) is 16.7. The number of aromatic nitrogens is 1. The quantitative estimate of drug-likeness (QED) is 0.588. The summed E-state index contributed by atoms with van der Waals surface area (Å²) in [5.74, 6) is 0.0871. The van der Waals surface area contributed by atoms with E-state index in [1.165, 1.54) is 11.3 Å². The van der Waals surface area contributed by atoms with Crippen molar-refractivity contribution in [3.8, 4) is 11.3 Å². The zero-order valence-corrected chi connectivity index (χ0v) is 12.1. The molecule has 0 spiro atoms. The van der Waals surface area contributed by atoms with E-state index in [1.54, 1.807) is 0 Å². The minimum atomic E-state index is 0.0871. The number of carbonyl (C=O) groups excluding carboxylic acids is 1. The Bertz CT molecular complexity index is 765. The van der Waals surface area contributed by atoms with Crippen molar-refractivity contribution in [2.75, 3.05) is 5.73 Å². The molecule has 0 bridgehead atoms. The highest BCUT2D eigenvalue weighted by atomic mass is 32.1. The van der Waals surface area contributed by atoms with Gasteiger partial charge in [0.2, 0.25) is 0 Å². The van der Waals surface area contributed by atoms with E-state index in [0.717, 1.165) is 21.8 Å². The van der Waals surface area contributed by atoms with Gasteiger partial charge in [-0.2, -0.15) is 0 Å². The van der Waals surface area contributed by atoms with Crippen LogP contribution in [0.2, 0.25) is 0 Å². The van der Waals surface area contributed by atoms with Gasteiger partial charge in [0.25, 0.3) is 0 Å². The van der Waals surface area contributed by atoms with Crippen molar-refractivity contribution in [2.45, 2.75) is 6.42 Å². The predicted molar refractivity (Wildman–Crippen MR) is 86.4 cm³/mol. The molecule has 2 N–H and O–H groups in total. The van der Waals surface area contributed by atoms with Crippen molar-refractivity contribution in [3.63, 3.8) is 0 Å². The molecule has 1 heterocycles. The molecule has 3 nitrogen and oxygen atoms in total. The molecule has 104 valence electrons. The lowest BCUT2D eigenvalue weighted by Crippen LogP contribution is -2.02. The molecule has 0 aliphatic rings. The van der Waals surface area contributed by atoms with Crippen LogP contribution in [0.4, 0.5) is 5.69 Å². The van der Waals surface area contributed by atoms with Gasteiger partial charge in [-0.1, -0.05) is 42.5 Å². The van der Waals surface area contributed by atoms with E-state index in [-0.39, 0.29) is 5.78 Å². The van der Waals surface area contributed by atoms with E-state index in [0.29, 0.717) is 12.1 Å². The summed E-state index contributed by atoms with van der Waals surface area (Å²) in [7, 11) is 0. The first-order valence-corrected chi connectivity index (χ1v) is 7.49. The average Bonchev–Trinajstić information content (AvgIpc) is 2.97. The minimum Gasteiger partial charge on any atom is -0.399 e. The van der Waals surface area contributed by atoms with Crippen molar-refractivity contribution in [3.05, 3.63) is 70.5 Å². The van der Waals surface area contributed by atoms with Gasteiger partial charge in [0.1, 0.15) is 5.01 Å². The molecule has 1 aromatic heterocycles. The van der Waals surface area contributed by atoms with Crippen molar-refractivity contribution < 1.29 is 4.79 Å². The van der Waals surface area contributed by atoms with Gasteiger partial charge in [-0.05, 0) is 12.1 Å². The fraction of sp³-hybridized carbons (Fsp3) is 0.0588. The monoisotopic (exact) mass is 294 g/mol. The smallest absolute Gasteiger partial charge is 0.169 e. The summed E-state index contributed by atoms with van der Waals surface area (Å²) < 4.78 is 0. The lowest BCUT2D eigenvalue weighted by atomic mass is 10.1. The topological polar surface area (TPSA) is 56.0 Å². The molecule has 3 aromatic rings. The average molecular weight is 294 g/mol. The molecule has 4 heteroatoms. The first-order valence-electron chi connectivity index (χ1n) is 6.61. The van der Waals surface area contributed by atoms with E-state index >= 15 is 0 Å². The van der Waals surface area contributed by atoms with E-state index < -0.39 is 0 Å². The van der Waals surface area contributed by atoms with E-state index in [4.69, 9.17) is 5.73 Å². The third-order valence-corrected chi connectivity index (χ3v) is 3.99. The molecule has 21 heavy (non-hydrogen) atoms. The summed E-state index contributed by atoms with van der Waals surface area (Å²) >= 11 is 1.50. The summed E-state index contributed by atoms with van der Waals surface area (Å²) in [5.41, 5.74) is 9.05. The van der Waals surface area contributed by atoms with Crippen LogP contribution in [0.25, 0.3) is 11.3 Å². The Morgan fingerprint density at radius 2 is 1.90 bits per heavy atom. The van der Waals surface area contributed by atoms with Crippen LogP contribution in [0.5, 0.6) is 0 Å². The van der Waals surface area contributed by atoms with Crippen LogP contribution < -0.4 is 5.73 Å². The van der Waals surface area contributed by atoms with Crippen molar-refractivity contribution in [2.24, 2.45) is 0 Å². The maximum Gasteiger partial charge on any atom is 0.169 e. The first kappa shape index (κ1) is 13.5. The highest BCUT2D eigenvalue weighted by Gasteiger charge is 2.11. The van der Waals surface area contributed by atoms with Crippen molar-refractivity contribution >= 4 is 22.8 Å². The van der Waals surface area contributed by atoms with Crippen LogP contribution in [0, 0.1) is 0 Å². The number of nitrogens with two attached hydrogens (primary N) is 1. The third-order valence-electron chi connectivity index (χ3n) is 3.14. The van der Waals surface area contributed by atoms with Crippen LogP contribution in [0.3, 0.4) is 0 Å². The number of benzene rings is 2. The minimum absolute atomic E-state index is 0.0871. The maximum absolute atomic E-state index is 12.2. The van der Waals surface area contributed by atoms with Gasteiger partial charge in [0.05, 0.1) is 12.1 Å². The van der Waals surface area contributed by atoms with E-state index in [9.17, 15) is 4.79 Å². The number of Topliss-reactive ketones (excluding diaryl/α,β-unsaturated/α-hetero) is 1. The molecule has 0 atom stereocenters. The number of nitrogen functional groups attached to an aromatic ring is 1. The molecule has 0 saturated heterocycles. The molecule has 0 saturated carbocycles. The molecule has 0 unspecified atom stereocenters. The van der Waals surface area contributed by atoms with Crippen molar-refractivity contribution in [1.82, 2.24) is 4.98 Å². The number of thiazole rings is 1. The van der Waals surface area contributed by atoms with Crippen LogP contribution in [-0.2, 0) is 6.42 Å². The zero-order valence-electron chi connectivity index (χ0n) is 11.3. The van der Waals surface area contributed by atoms with Gasteiger partial charge in [-0.25, -0.2) is 4.98 Å². The van der Waals surface area contributed by atoms with Crippen molar-refractivity contribution in [1.29, 1.82) is 0 Å². The Morgan fingerprint density at radius 1 is 1.10 bits per heavy atom. The van der Waals surface area contributed by atoms with Crippen LogP contribution >= 0.6 is 11.3 Å². The molecule has 0 aliphatic carbocycles. The number of rotatable bonds is 4. The number of anilines is 1. The number of ketones is 1. The Morgan fingerprint density at radius 3 is 2.67 bits per heavy atom. The molecule has 0 amide bonds. The van der Waals surface area contributed by atoms with Gasteiger partial charge >= 0.3 is 0 Å². The highest BCUT2D eigenvalue weighted by Crippen LogP contribution is 2.24. The van der Waals surface area contributed by atoms with Crippen LogP contribution in [-0.4, -0.2) is 10.8 Å². The molecular weight excluding hydrogens is 280 g/mol. The summed E-state index contributed by atoms with van der Waals surface area (Å²) in [6.07, 6.45) is 0.330. The SMILES string of the molecule is Nc1cccc(-c2csc(CC(=O)c3ccccc3)n2)c1. The lowest BCUT2D eigenvalue weighted by molar-refractivity contribution is 0.0993. The number of carbonyl (C=O) groups is 1. The molecule has 0 radical (unpaired) electrons. The normalized spacial score (nSPS) is 10.5. The van der Waals surface area contributed by atoms with Crippen LogP contribution in [0.15, 0.2) is 60.0 Å². The second-order valence-corrected chi connectivity index (χ2v) is 5.66. The molecule has 0 aliphatic heterocycles. The Hall–Kier alpha value is -2.46. The Kier molecular flexibility index (Phi) is 3.79. The van der Waals surface area contributed by atoms with Gasteiger partial charge in [-0.15, -0.1) is 11.3 Å². The number of nitrogens with zero attached hydrogens (tertiary/aromatic N) is 1. The van der Waals surface area contributed by atoms with E-state index in [2.05, 4.69) is 4.98 Å². The fourth-order valence-corrected chi connectivity index (χ4v) is 2.89. The first-order chi connectivity index (χ1) is 10.2. The van der Waals surface area contributed by atoms with E-state index in [1.807, 2.05) is 60.0 Å². The van der Waals surface area contributed by atoms with Gasteiger partial charge in [0.15, 0.2) is 5.78 Å². The Balaban J connectivity index is 1.78. The highest BCUT2D eigenvalue weighted by molar-refractivity contribution is 7.10. The number of hydrogen-bond donors (Lipinski definition) is 1. The largest absolute Gasteiger partial charge is 0.399 e. The molecule has 3 rings (SSSR count). The van der Waals surface area contributed by atoms with Gasteiger partial charge in [-0.3, -0.25) is 4.79 Å². The summed E-state index contributed by atoms with van der Waals surface area (Å²) in [6.45, 7) is 0. The van der Waals surface area contributed by atoms with Gasteiger partial charge < -0.3 is 5.73 Å². The fourth-order valence-electron chi connectivity index (χ4n) is 2.09. The number of hydrogen-bond acceptors (Lipinski definition) is 4. The standard InChI is InChI=1S/C17H14N2OS/c18-14-8-4-7-13(9-14)15-11-21-17(19-15)10-16(20)12-5-2-1-3-6-12/h1-9,11H,10,18H2. The molecule has 2 aromatic carbocycles. The zero-order chi connectivity index (χ0) is 14.7. The Labute approximate surface area is 127 Å². The molecule has 0 fully saturated rings. The lowest BCUT2D eigenvalue weighted by Gasteiger charge is -1.99. The summed E-state index contributed by atoms with van der Waals surface area (Å²) in [5, 5.41) is 2.78. The maximum atomic E-state index is 12.2. The second kappa shape index (κ2) is 5.89. The van der Waals surface area contributed by atoms with Crippen LogP contribution in [0.1, 0.15) is 15.4 Å². The predicted octanol–water partition coefficient (Wildman–Crippen LogP) is 3.82.